The summed E-state index contributed by atoms with van der Waals surface area (Å²) in [5, 5.41) is 14.0. The maximum absolute atomic E-state index is 11.3. The predicted molar refractivity (Wildman–Crippen MR) is 69.2 cm³/mol. The van der Waals surface area contributed by atoms with Crippen molar-refractivity contribution in [3.05, 3.63) is 41.6 Å². The maximum atomic E-state index is 11.3. The normalized spacial score (nSPS) is 10.3. The van der Waals surface area contributed by atoms with E-state index in [1.165, 1.54) is 13.3 Å². The molecule has 19 heavy (non-hydrogen) atoms. The first-order valence-electron chi connectivity index (χ1n) is 5.39. The van der Waals surface area contributed by atoms with E-state index in [9.17, 15) is 9.59 Å². The standard InChI is InChI=1S/C13H13N3O3/c1-15-12(17)9-3-5-11(6-4-9)16-8-10(7-14)13(18)19-2/h3-6,8,16H,1-2H3,(H,15,17)/b10-8+. The van der Waals surface area contributed by atoms with Crippen LogP contribution in [0.4, 0.5) is 5.69 Å². The Labute approximate surface area is 110 Å². The molecule has 6 nitrogen and oxygen atoms in total. The van der Waals surface area contributed by atoms with Gasteiger partial charge in [-0.3, -0.25) is 4.79 Å². The molecule has 98 valence electrons. The number of methoxy groups -OCH3 is 1. The van der Waals surface area contributed by atoms with E-state index in [1.807, 2.05) is 0 Å². The molecule has 1 aromatic rings. The van der Waals surface area contributed by atoms with Crippen LogP contribution >= 0.6 is 0 Å². The lowest BCUT2D eigenvalue weighted by atomic mass is 10.2. The number of nitriles is 1. The molecule has 0 aliphatic heterocycles. The van der Waals surface area contributed by atoms with Gasteiger partial charge in [-0.15, -0.1) is 0 Å². The summed E-state index contributed by atoms with van der Waals surface area (Å²) in [5.41, 5.74) is 1.02. The number of hydrogen-bond donors (Lipinski definition) is 2. The number of benzene rings is 1. The molecule has 0 atom stereocenters. The van der Waals surface area contributed by atoms with E-state index in [1.54, 1.807) is 37.4 Å². The Morgan fingerprint density at radius 2 is 1.95 bits per heavy atom. The second kappa shape index (κ2) is 6.81. The molecular formula is C13H13N3O3. The fourth-order valence-corrected chi connectivity index (χ4v) is 1.26. The average molecular weight is 259 g/mol. The van der Waals surface area contributed by atoms with Crippen LogP contribution in [0.2, 0.25) is 0 Å². The first-order valence-corrected chi connectivity index (χ1v) is 5.39. The Balaban J connectivity index is 2.79. The molecule has 2 N–H and O–H groups in total. The third-order valence-corrected chi connectivity index (χ3v) is 2.28. The molecule has 0 spiro atoms. The number of carbonyl (C=O) groups is 2. The molecule has 0 aliphatic rings. The first-order chi connectivity index (χ1) is 9.12. The van der Waals surface area contributed by atoms with Crippen LogP contribution in [0.25, 0.3) is 0 Å². The zero-order valence-electron chi connectivity index (χ0n) is 10.6. The summed E-state index contributed by atoms with van der Waals surface area (Å²) in [5.74, 6) is -0.897. The molecule has 0 saturated carbocycles. The van der Waals surface area contributed by atoms with Crippen molar-refractivity contribution in [1.29, 1.82) is 5.26 Å². The van der Waals surface area contributed by atoms with Gasteiger partial charge in [-0.05, 0) is 24.3 Å². The molecule has 1 amide bonds. The van der Waals surface area contributed by atoms with Gasteiger partial charge in [0.25, 0.3) is 5.91 Å². The third kappa shape index (κ3) is 3.85. The SMILES string of the molecule is CNC(=O)c1ccc(N/C=C(\C#N)C(=O)OC)cc1. The number of hydrogen-bond acceptors (Lipinski definition) is 5. The van der Waals surface area contributed by atoms with Crippen molar-refractivity contribution in [2.75, 3.05) is 19.5 Å². The number of nitrogens with zero attached hydrogens (tertiary/aromatic N) is 1. The zero-order chi connectivity index (χ0) is 14.3. The van der Waals surface area contributed by atoms with E-state index >= 15 is 0 Å². The zero-order valence-corrected chi connectivity index (χ0v) is 10.6. The smallest absolute Gasteiger partial charge is 0.350 e. The Morgan fingerprint density at radius 3 is 2.42 bits per heavy atom. The van der Waals surface area contributed by atoms with Gasteiger partial charge in [0.15, 0.2) is 5.57 Å². The Kier molecular flexibility index (Phi) is 5.11. The van der Waals surface area contributed by atoms with E-state index in [4.69, 9.17) is 5.26 Å². The lowest BCUT2D eigenvalue weighted by Crippen LogP contribution is -2.17. The number of amides is 1. The summed E-state index contributed by atoms with van der Waals surface area (Å²) in [6, 6.07) is 8.29. The molecule has 0 aliphatic carbocycles. The molecule has 0 heterocycles. The Bertz CT molecular complexity index is 541. The van der Waals surface area contributed by atoms with Crippen LogP contribution < -0.4 is 10.6 Å². The number of rotatable bonds is 4. The Morgan fingerprint density at radius 1 is 1.32 bits per heavy atom. The van der Waals surface area contributed by atoms with Crippen molar-refractivity contribution in [2.24, 2.45) is 0 Å². The molecule has 1 aromatic carbocycles. The minimum Gasteiger partial charge on any atom is -0.465 e. The molecule has 0 fully saturated rings. The predicted octanol–water partition coefficient (Wildman–Crippen LogP) is 1.04. The second-order valence-corrected chi connectivity index (χ2v) is 3.46. The maximum Gasteiger partial charge on any atom is 0.350 e. The van der Waals surface area contributed by atoms with Crippen molar-refractivity contribution in [3.63, 3.8) is 0 Å². The topological polar surface area (TPSA) is 91.2 Å². The molecule has 1 rings (SSSR count). The highest BCUT2D eigenvalue weighted by Gasteiger charge is 2.08. The summed E-state index contributed by atoms with van der Waals surface area (Å²) in [7, 11) is 2.75. The van der Waals surface area contributed by atoms with Crippen LogP contribution in [0.15, 0.2) is 36.0 Å². The van der Waals surface area contributed by atoms with Gasteiger partial charge in [0.1, 0.15) is 6.07 Å². The van der Waals surface area contributed by atoms with E-state index in [0.29, 0.717) is 11.3 Å². The van der Waals surface area contributed by atoms with Crippen LogP contribution in [0.1, 0.15) is 10.4 Å². The Hall–Kier alpha value is -2.81. The van der Waals surface area contributed by atoms with Gasteiger partial charge in [0, 0.05) is 24.5 Å². The molecule has 0 saturated heterocycles. The molecule has 0 unspecified atom stereocenters. The van der Waals surface area contributed by atoms with Gasteiger partial charge in [0.2, 0.25) is 0 Å². The lowest BCUT2D eigenvalue weighted by Gasteiger charge is -2.03. The van der Waals surface area contributed by atoms with Crippen molar-refractivity contribution < 1.29 is 14.3 Å². The summed E-state index contributed by atoms with van der Waals surface area (Å²) in [6.45, 7) is 0. The highest BCUT2D eigenvalue weighted by atomic mass is 16.5. The number of anilines is 1. The van der Waals surface area contributed by atoms with E-state index in [0.717, 1.165) is 0 Å². The number of esters is 1. The van der Waals surface area contributed by atoms with E-state index < -0.39 is 5.97 Å². The first kappa shape index (κ1) is 14.3. The monoisotopic (exact) mass is 259 g/mol. The number of ether oxygens (including phenoxy) is 1. The summed E-state index contributed by atoms with van der Waals surface area (Å²) >= 11 is 0. The van der Waals surface area contributed by atoms with Crippen molar-refractivity contribution in [3.8, 4) is 6.07 Å². The lowest BCUT2D eigenvalue weighted by molar-refractivity contribution is -0.135. The highest BCUT2D eigenvalue weighted by Crippen LogP contribution is 2.10. The van der Waals surface area contributed by atoms with Gasteiger partial charge < -0.3 is 15.4 Å². The van der Waals surface area contributed by atoms with Gasteiger partial charge in [0.05, 0.1) is 7.11 Å². The fourth-order valence-electron chi connectivity index (χ4n) is 1.26. The minimum absolute atomic E-state index is 0.141. The third-order valence-electron chi connectivity index (χ3n) is 2.28. The molecule has 0 radical (unpaired) electrons. The summed E-state index contributed by atoms with van der Waals surface area (Å²) in [4.78, 5) is 22.5. The van der Waals surface area contributed by atoms with Crippen LogP contribution in [0.5, 0.6) is 0 Å². The number of nitrogens with one attached hydrogen (secondary N) is 2. The summed E-state index contributed by atoms with van der Waals surface area (Å²) < 4.78 is 4.43. The molecule has 0 aromatic heterocycles. The average Bonchev–Trinajstić information content (AvgIpc) is 2.47. The van der Waals surface area contributed by atoms with Crippen molar-refractivity contribution in [2.45, 2.75) is 0 Å². The minimum atomic E-state index is -0.711. The van der Waals surface area contributed by atoms with Crippen molar-refractivity contribution in [1.82, 2.24) is 5.32 Å². The van der Waals surface area contributed by atoms with Crippen LogP contribution in [-0.4, -0.2) is 26.0 Å². The number of carbonyl (C=O) groups excluding carboxylic acids is 2. The second-order valence-electron chi connectivity index (χ2n) is 3.46. The van der Waals surface area contributed by atoms with Gasteiger partial charge in [-0.1, -0.05) is 0 Å². The molecular weight excluding hydrogens is 246 g/mol. The van der Waals surface area contributed by atoms with Crippen LogP contribution in [0.3, 0.4) is 0 Å². The quantitative estimate of drug-likeness (QED) is 0.479. The van der Waals surface area contributed by atoms with E-state index in [2.05, 4.69) is 15.4 Å². The largest absolute Gasteiger partial charge is 0.465 e. The highest BCUT2D eigenvalue weighted by molar-refractivity contribution is 5.94. The van der Waals surface area contributed by atoms with Gasteiger partial charge in [-0.2, -0.15) is 5.26 Å². The molecule has 0 bridgehead atoms. The van der Waals surface area contributed by atoms with Gasteiger partial charge in [-0.25, -0.2) is 4.79 Å². The van der Waals surface area contributed by atoms with Crippen molar-refractivity contribution >= 4 is 17.6 Å². The van der Waals surface area contributed by atoms with Crippen LogP contribution in [-0.2, 0) is 9.53 Å². The summed E-state index contributed by atoms with van der Waals surface area (Å²) in [6.07, 6.45) is 1.25. The van der Waals surface area contributed by atoms with E-state index in [-0.39, 0.29) is 11.5 Å². The molecule has 6 heteroatoms. The van der Waals surface area contributed by atoms with Gasteiger partial charge >= 0.3 is 5.97 Å². The van der Waals surface area contributed by atoms with Crippen LogP contribution in [0, 0.1) is 11.3 Å². The fraction of sp³-hybridized carbons (Fsp3) is 0.154.